The molecule has 0 amide bonds. The van der Waals surface area contributed by atoms with Crippen molar-refractivity contribution in [2.75, 3.05) is 4.90 Å². The lowest BCUT2D eigenvalue weighted by atomic mass is 10.0. The number of pyridine rings is 1. The normalized spacial score (nSPS) is 19.8. The van der Waals surface area contributed by atoms with Crippen LogP contribution in [0.2, 0.25) is 0 Å². The molecule has 0 radical (unpaired) electrons. The van der Waals surface area contributed by atoms with Gasteiger partial charge in [0.25, 0.3) is 0 Å². The van der Waals surface area contributed by atoms with Crippen LogP contribution in [0.25, 0.3) is 11.3 Å². The van der Waals surface area contributed by atoms with E-state index in [1.165, 1.54) is 18.9 Å². The van der Waals surface area contributed by atoms with Gasteiger partial charge in [-0.05, 0) is 105 Å². The van der Waals surface area contributed by atoms with E-state index in [2.05, 4.69) is 26.2 Å². The van der Waals surface area contributed by atoms with Crippen LogP contribution < -0.4 is 15.0 Å². The number of nitrogens with zero attached hydrogens (tertiary/aromatic N) is 2. The van der Waals surface area contributed by atoms with Gasteiger partial charge in [-0.3, -0.25) is 4.98 Å². The molecule has 8 heteroatoms. The number of hydrogen-bond acceptors (Lipinski definition) is 4. The van der Waals surface area contributed by atoms with Gasteiger partial charge in [0.05, 0.1) is 23.4 Å². The van der Waals surface area contributed by atoms with Crippen molar-refractivity contribution in [3.63, 3.8) is 0 Å². The molecule has 188 valence electrons. The van der Waals surface area contributed by atoms with E-state index in [1.807, 2.05) is 53.4 Å². The number of thiocarbonyl (C=S) groups is 1. The monoisotopic (exact) mass is 577 g/mol. The highest BCUT2D eigenvalue weighted by Crippen LogP contribution is 2.43. The molecule has 1 saturated carbocycles. The van der Waals surface area contributed by atoms with Gasteiger partial charge in [-0.2, -0.15) is 0 Å². The topological polar surface area (TPSA) is 50.5 Å². The van der Waals surface area contributed by atoms with Crippen LogP contribution in [0.1, 0.15) is 49.2 Å². The molecule has 2 atom stereocenters. The number of ether oxygens (including phenoxy) is 1. The third kappa shape index (κ3) is 4.88. The van der Waals surface area contributed by atoms with Crippen molar-refractivity contribution in [2.24, 2.45) is 0 Å². The van der Waals surface area contributed by atoms with Crippen LogP contribution in [0.3, 0.4) is 0 Å². The average molecular weight is 579 g/mol. The number of benzene rings is 2. The number of hydrogen-bond donors (Lipinski definition) is 1. The Morgan fingerprint density at radius 3 is 2.57 bits per heavy atom. The van der Waals surface area contributed by atoms with Crippen molar-refractivity contribution in [3.8, 4) is 17.1 Å². The summed E-state index contributed by atoms with van der Waals surface area (Å²) >= 11 is 9.12. The Hall–Kier alpha value is -3.23. The minimum absolute atomic E-state index is 0.253. The molecule has 0 unspecified atom stereocenters. The zero-order valence-corrected chi connectivity index (χ0v) is 22.3. The molecule has 2 aromatic heterocycles. The van der Waals surface area contributed by atoms with Gasteiger partial charge < -0.3 is 19.4 Å². The summed E-state index contributed by atoms with van der Waals surface area (Å²) in [6.07, 6.45) is 6.72. The molecule has 4 aromatic rings. The molecule has 1 N–H and O–H groups in total. The van der Waals surface area contributed by atoms with Gasteiger partial charge in [-0.25, -0.2) is 4.39 Å². The molecular weight excluding hydrogens is 553 g/mol. The number of anilines is 1. The second kappa shape index (κ2) is 10.3. The van der Waals surface area contributed by atoms with Crippen molar-refractivity contribution >= 4 is 38.9 Å². The summed E-state index contributed by atoms with van der Waals surface area (Å²) in [7, 11) is 0. The van der Waals surface area contributed by atoms with Crippen molar-refractivity contribution in [1.29, 1.82) is 0 Å². The van der Waals surface area contributed by atoms with Crippen LogP contribution in [0.15, 0.2) is 87.9 Å². The van der Waals surface area contributed by atoms with Gasteiger partial charge >= 0.3 is 0 Å². The van der Waals surface area contributed by atoms with Crippen LogP contribution in [0.5, 0.6) is 5.75 Å². The van der Waals surface area contributed by atoms with E-state index >= 15 is 0 Å². The highest BCUT2D eigenvalue weighted by molar-refractivity contribution is 9.10. The maximum atomic E-state index is 14.7. The summed E-state index contributed by atoms with van der Waals surface area (Å²) in [5, 5.41) is 4.00. The fourth-order valence-corrected chi connectivity index (χ4v) is 5.83. The van der Waals surface area contributed by atoms with Gasteiger partial charge in [0.2, 0.25) is 0 Å². The fraction of sp³-hybridized carbons (Fsp3) is 0.241. The van der Waals surface area contributed by atoms with E-state index in [-0.39, 0.29) is 17.9 Å². The standard InChI is InChI=1S/C29H25BrFN3O2S/c30-18-8-13-22(23(31)17-18)25-14-15-26(36-25)28-27(24-7-3-4-16-32-24)33-29(37)34(28)19-9-11-21(12-10-19)35-20-5-1-2-6-20/h3-4,7-17,20,27-28H,1-2,5-6H2,(H,33,37)/t27-,28+/m0/s1. The lowest BCUT2D eigenvalue weighted by Gasteiger charge is -2.26. The molecule has 0 spiro atoms. The summed E-state index contributed by atoms with van der Waals surface area (Å²) in [6.45, 7) is 0. The third-order valence-corrected chi connectivity index (χ3v) is 7.74. The van der Waals surface area contributed by atoms with Crippen LogP contribution in [0.4, 0.5) is 10.1 Å². The Balaban J connectivity index is 1.36. The highest BCUT2D eigenvalue weighted by atomic mass is 79.9. The van der Waals surface area contributed by atoms with Crippen LogP contribution in [0, 0.1) is 5.82 Å². The minimum atomic E-state index is -0.355. The number of furan rings is 1. The summed E-state index contributed by atoms with van der Waals surface area (Å²) in [4.78, 5) is 6.62. The zero-order chi connectivity index (χ0) is 25.4. The second-order valence-electron chi connectivity index (χ2n) is 9.34. The van der Waals surface area contributed by atoms with Crippen molar-refractivity contribution in [1.82, 2.24) is 10.3 Å². The predicted molar refractivity (Wildman–Crippen MR) is 149 cm³/mol. The van der Waals surface area contributed by atoms with Gasteiger partial charge in [0.1, 0.15) is 29.1 Å². The lowest BCUT2D eigenvalue weighted by molar-refractivity contribution is 0.210. The summed E-state index contributed by atoms with van der Waals surface area (Å²) in [5.74, 6) is 1.62. The molecule has 1 aliphatic carbocycles. The van der Waals surface area contributed by atoms with Gasteiger partial charge in [0.15, 0.2) is 5.11 Å². The van der Waals surface area contributed by atoms with Crippen molar-refractivity contribution < 1.29 is 13.5 Å². The number of nitrogens with one attached hydrogen (secondary N) is 1. The molecule has 1 saturated heterocycles. The largest absolute Gasteiger partial charge is 0.490 e. The third-order valence-electron chi connectivity index (χ3n) is 6.93. The Labute approximate surface area is 228 Å². The quantitative estimate of drug-likeness (QED) is 0.236. The van der Waals surface area contributed by atoms with E-state index in [0.717, 1.165) is 30.0 Å². The Kier molecular flexibility index (Phi) is 6.69. The maximum Gasteiger partial charge on any atom is 0.174 e. The molecule has 2 aromatic carbocycles. The van der Waals surface area contributed by atoms with Crippen molar-refractivity contribution in [3.05, 3.63) is 101 Å². The number of aromatic nitrogens is 1. The van der Waals surface area contributed by atoms with Crippen LogP contribution in [-0.2, 0) is 0 Å². The first-order chi connectivity index (χ1) is 18.1. The Morgan fingerprint density at radius 1 is 1.03 bits per heavy atom. The molecule has 0 bridgehead atoms. The Bertz CT molecular complexity index is 1410. The number of rotatable bonds is 6. The first kappa shape index (κ1) is 24.1. The van der Waals surface area contributed by atoms with Crippen molar-refractivity contribution in [2.45, 2.75) is 43.9 Å². The smallest absolute Gasteiger partial charge is 0.174 e. The Morgan fingerprint density at radius 2 is 1.84 bits per heavy atom. The van der Waals surface area contributed by atoms with Gasteiger partial charge in [0, 0.05) is 16.4 Å². The molecule has 2 fully saturated rings. The van der Waals surface area contributed by atoms with Gasteiger partial charge in [-0.15, -0.1) is 0 Å². The second-order valence-corrected chi connectivity index (χ2v) is 10.6. The highest BCUT2D eigenvalue weighted by Gasteiger charge is 2.42. The number of halogens is 2. The fourth-order valence-electron chi connectivity index (χ4n) is 5.15. The van der Waals surface area contributed by atoms with E-state index in [4.69, 9.17) is 21.4 Å². The lowest BCUT2D eigenvalue weighted by Crippen LogP contribution is -2.29. The van der Waals surface area contributed by atoms with Gasteiger partial charge in [-0.1, -0.05) is 22.0 Å². The SMILES string of the molecule is Fc1cc(Br)ccc1-c1ccc([C@@H]2[C@H](c3ccccn3)NC(=S)N2c2ccc(OC3CCCC3)cc2)o1. The maximum absolute atomic E-state index is 14.7. The zero-order valence-electron chi connectivity index (χ0n) is 19.9. The van der Waals surface area contributed by atoms with Crippen LogP contribution in [-0.4, -0.2) is 16.2 Å². The summed E-state index contributed by atoms with van der Waals surface area (Å²) < 4.78 is 27.8. The first-order valence-corrected chi connectivity index (χ1v) is 13.6. The van der Waals surface area contributed by atoms with E-state index in [0.29, 0.717) is 32.8 Å². The van der Waals surface area contributed by atoms with E-state index in [1.54, 1.807) is 24.4 Å². The molecular formula is C29H25BrFN3O2S. The molecule has 6 rings (SSSR count). The molecule has 2 aliphatic rings. The molecule has 5 nitrogen and oxygen atoms in total. The summed E-state index contributed by atoms with van der Waals surface area (Å²) in [6, 6.07) is 21.9. The predicted octanol–water partition coefficient (Wildman–Crippen LogP) is 7.74. The molecule has 3 heterocycles. The molecule has 37 heavy (non-hydrogen) atoms. The first-order valence-electron chi connectivity index (χ1n) is 12.4. The minimum Gasteiger partial charge on any atom is -0.490 e. The van der Waals surface area contributed by atoms with E-state index in [9.17, 15) is 4.39 Å². The van der Waals surface area contributed by atoms with Crippen LogP contribution >= 0.6 is 28.1 Å². The summed E-state index contributed by atoms with van der Waals surface area (Å²) in [5.41, 5.74) is 2.15. The molecule has 1 aliphatic heterocycles. The van der Waals surface area contributed by atoms with E-state index < -0.39 is 0 Å². The average Bonchev–Trinajstić information content (AvgIpc) is 3.66.